The summed E-state index contributed by atoms with van der Waals surface area (Å²) in [7, 11) is -17.1. The molecular weight excluding hydrogens is 1590 g/mol. The minimum Gasteiger partial charge on any atom is -0.493 e. The van der Waals surface area contributed by atoms with Gasteiger partial charge in [0, 0.05) is 74.6 Å². The van der Waals surface area contributed by atoms with Crippen molar-refractivity contribution in [2.24, 2.45) is 0 Å². The third kappa shape index (κ3) is 13.5. The van der Waals surface area contributed by atoms with Gasteiger partial charge in [0.2, 0.25) is 0 Å². The van der Waals surface area contributed by atoms with Crippen molar-refractivity contribution < 1.29 is 109 Å². The second-order valence-corrected chi connectivity index (χ2v) is 37.4. The Balaban J connectivity index is 0.000000782. The summed E-state index contributed by atoms with van der Waals surface area (Å²) in [4.78, 5) is 147. The highest BCUT2D eigenvalue weighted by atomic mass is 32.2. The number of fused-ring (bicyclic) bond motifs is 2. The molecule has 15 aliphatic rings. The minimum absolute atomic E-state index is 0.0405. The Labute approximate surface area is 658 Å². The molecule has 0 aliphatic carbocycles. The van der Waals surface area contributed by atoms with Gasteiger partial charge in [0.05, 0.1) is 75.6 Å². The number of nitrogens with one attached hydrogen (secondary N) is 4. The van der Waals surface area contributed by atoms with Gasteiger partial charge in [-0.2, -0.15) is 33.7 Å². The lowest BCUT2D eigenvalue weighted by Gasteiger charge is -2.49. The summed E-state index contributed by atoms with van der Waals surface area (Å²) in [6, 6.07) is 0.751. The quantitative estimate of drug-likeness (QED) is 0.0499. The molecule has 17 rings (SSSR count). The highest BCUT2D eigenvalue weighted by Crippen LogP contribution is 2.60. The summed E-state index contributed by atoms with van der Waals surface area (Å²) < 4.78 is 155. The zero-order chi connectivity index (χ0) is 81.3. The highest BCUT2D eigenvalue weighted by molar-refractivity contribution is 7.86. The van der Waals surface area contributed by atoms with E-state index in [0.717, 1.165) is 52.4 Å². The van der Waals surface area contributed by atoms with Crippen molar-refractivity contribution in [2.45, 2.75) is 153 Å². The summed E-state index contributed by atoms with van der Waals surface area (Å²) in [5.74, 6) is -1.13. The van der Waals surface area contributed by atoms with Gasteiger partial charge in [-0.1, -0.05) is 0 Å². The molecule has 13 saturated heterocycles. The second-order valence-electron chi connectivity index (χ2n) is 31.1. The fourth-order valence-electron chi connectivity index (χ4n) is 18.6. The van der Waals surface area contributed by atoms with E-state index in [-0.39, 0.29) is 127 Å². The number of amides is 16. The summed E-state index contributed by atoms with van der Waals surface area (Å²) in [5, 5.41) is 12.9. The van der Waals surface area contributed by atoms with Crippen molar-refractivity contribution in [3.8, 4) is 23.0 Å². The molecule has 16 amide bonds. The van der Waals surface area contributed by atoms with Crippen molar-refractivity contribution in [3.63, 3.8) is 0 Å². The number of piperazine rings is 2. The smallest absolute Gasteiger partial charge is 0.326 e. The molecule has 15 heterocycles. The molecule has 0 saturated carbocycles. The second kappa shape index (κ2) is 29.8. The van der Waals surface area contributed by atoms with Crippen LogP contribution in [0.4, 0.5) is 38.4 Å². The molecule has 0 aromatic heterocycles. The summed E-state index contributed by atoms with van der Waals surface area (Å²) in [6.45, 7) is 11.4. The number of carbonyl (C=O) groups excluding carboxylic acids is 8. The van der Waals surface area contributed by atoms with E-state index in [1.54, 1.807) is 52.0 Å². The molecule has 628 valence electrons. The predicted molar refractivity (Wildman–Crippen MR) is 394 cm³/mol. The number of ether oxygens (including phenoxy) is 4. The van der Waals surface area contributed by atoms with E-state index in [2.05, 4.69) is 21.3 Å². The lowest BCUT2D eigenvalue weighted by molar-refractivity contribution is -0.0871. The van der Waals surface area contributed by atoms with E-state index in [1.165, 1.54) is 78.4 Å². The van der Waals surface area contributed by atoms with Crippen LogP contribution < -0.4 is 40.2 Å². The summed E-state index contributed by atoms with van der Waals surface area (Å²) in [6.07, 6.45) is -4.21. The normalized spacial score (nSPS) is 28.4. The molecule has 0 radical (unpaired) electrons. The van der Waals surface area contributed by atoms with Crippen LogP contribution in [0.5, 0.6) is 23.0 Å². The van der Waals surface area contributed by atoms with Crippen LogP contribution in [0.25, 0.3) is 0 Å². The molecule has 13 fully saturated rings. The zero-order valence-electron chi connectivity index (χ0n) is 63.4. The molecule has 0 bridgehead atoms. The van der Waals surface area contributed by atoms with Crippen LogP contribution in [0.3, 0.4) is 0 Å². The topological polar surface area (TPSA) is 491 Å². The lowest BCUT2D eigenvalue weighted by Crippen LogP contribution is -2.69. The van der Waals surface area contributed by atoms with Gasteiger partial charge in [0.15, 0.2) is 47.3 Å². The molecule has 2 aromatic rings. The first-order valence-electron chi connectivity index (χ1n) is 38.0. The SMILES string of the molecule is C1CNCCN1.C1CNCCN1.CC12N3Cc4c(OCCCCS(=O)(=O)O)ccc(OCCCCS(=O)(=O)O)c4CN1C(=O)N1CN4C(=O)N5CN6C(=O)N7CN8C(=O)N9Cc%10c(OCCCCS(=O)(=O)O)ccc(OCCCCS(=O)(=O)O)c%10CN%10C(=O)N(CN%11C(=O)N(CN%12C(=O)N(CN(C3=O)C12C)C4C%125)C6C%117)C8(C)C%109C. The average Bonchev–Trinajstić information content (AvgIpc) is 1.49. The van der Waals surface area contributed by atoms with Gasteiger partial charge in [-0.05, 0) is 103 Å². The fraction of sp³-hybridized carbons (Fsp3) is 0.697. The van der Waals surface area contributed by atoms with E-state index < -0.39 is 199 Å². The Morgan fingerprint density at radius 2 is 0.482 bits per heavy atom. The van der Waals surface area contributed by atoms with Crippen LogP contribution in [0, 0.1) is 0 Å². The Morgan fingerprint density at radius 3 is 0.667 bits per heavy atom. The van der Waals surface area contributed by atoms with E-state index in [4.69, 9.17) is 18.9 Å². The van der Waals surface area contributed by atoms with Gasteiger partial charge in [0.1, 0.15) is 63.0 Å². The number of hydrogen-bond acceptors (Lipinski definition) is 24. The molecule has 114 heavy (non-hydrogen) atoms. The number of hydrogen-bond donors (Lipinski definition) is 8. The molecule has 48 heteroatoms. The molecular formula is C66H96N20O24S4. The fourth-order valence-corrected chi connectivity index (χ4v) is 20.9. The number of carbonyl (C=O) groups is 8. The number of nitrogens with zero attached hydrogens (tertiary/aromatic N) is 16. The van der Waals surface area contributed by atoms with Gasteiger partial charge >= 0.3 is 48.2 Å². The van der Waals surface area contributed by atoms with Crippen molar-refractivity contribution >= 4 is 88.7 Å². The maximum atomic E-state index is 15.7. The van der Waals surface area contributed by atoms with E-state index >= 15 is 38.4 Å². The Bertz CT molecular complexity index is 4150. The van der Waals surface area contributed by atoms with Crippen LogP contribution in [0.15, 0.2) is 24.3 Å². The first-order chi connectivity index (χ1) is 53.9. The molecule has 2 aromatic carbocycles. The molecule has 8 N–H and O–H groups in total. The van der Waals surface area contributed by atoms with Gasteiger partial charge in [-0.3, -0.25) is 96.6 Å². The molecule has 0 unspecified atom stereocenters. The maximum absolute atomic E-state index is 15.7. The molecule has 0 atom stereocenters. The third-order valence-electron chi connectivity index (χ3n) is 24.8. The largest absolute Gasteiger partial charge is 0.493 e. The van der Waals surface area contributed by atoms with E-state index in [0.29, 0.717) is 22.3 Å². The van der Waals surface area contributed by atoms with Gasteiger partial charge < -0.3 is 40.2 Å². The lowest BCUT2D eigenvalue weighted by atomic mass is 9.95. The molecule has 44 nitrogen and oxygen atoms in total. The highest BCUT2D eigenvalue weighted by Gasteiger charge is 2.80. The van der Waals surface area contributed by atoms with Crippen LogP contribution in [-0.4, -0.2) is 368 Å². The van der Waals surface area contributed by atoms with Crippen molar-refractivity contribution in [2.75, 3.05) is 142 Å². The minimum atomic E-state index is -4.28. The van der Waals surface area contributed by atoms with Crippen molar-refractivity contribution in [1.82, 2.24) is 99.7 Å². The monoisotopic (exact) mass is 1680 g/mol. The first-order valence-corrected chi connectivity index (χ1v) is 44.5. The predicted octanol–water partition coefficient (Wildman–Crippen LogP) is -0.185. The summed E-state index contributed by atoms with van der Waals surface area (Å²) in [5.41, 5.74) is -5.06. The number of unbranched alkanes of at least 4 members (excludes halogenated alkanes) is 4. The Hall–Kier alpha value is -8.72. The average molecular weight is 1680 g/mol. The van der Waals surface area contributed by atoms with Crippen LogP contribution in [-0.2, 0) is 66.7 Å². The van der Waals surface area contributed by atoms with Gasteiger partial charge in [0.25, 0.3) is 40.5 Å². The van der Waals surface area contributed by atoms with Crippen LogP contribution in [0.2, 0.25) is 0 Å². The Kier molecular flexibility index (Phi) is 21.0. The number of urea groups is 8. The zero-order valence-corrected chi connectivity index (χ0v) is 66.7. The van der Waals surface area contributed by atoms with Crippen molar-refractivity contribution in [3.05, 3.63) is 46.5 Å². The van der Waals surface area contributed by atoms with Crippen molar-refractivity contribution in [1.29, 1.82) is 0 Å². The standard InChI is InChI=1S/C58H76N16O24S4.2C4H10N2/c1-55-57(3)71-31-63-45-43-59(47(63)75)29-61-44-46-65(49(61)77)33-73-53(81)69-27-37-38(42(98-20-8-12-24-102(92,93)94)16-15-41(37)97-19-7-11-23-101(89,90)91)28-70-54(82)74(58(73,4)56(69,70)2)34-66(46)50(78)62(44)30-60(43)48(76)64(45)32-72(57)52(80)68(55)26-36-35(25-67(55)51(71)79)39(95-17-5-9-21-99(83,84)85)13-14-40(36)96-18-6-10-22-100(86,87)88;2*1-2-6-4-3-5-1/h13-16,43-46H,5-12,17-34H2,1-4H3,(H,83,84,85)(H,86,87,88)(H,89,90,91)(H,92,93,94);2*5-6H,1-4H2. The summed E-state index contributed by atoms with van der Waals surface area (Å²) >= 11 is 0. The Morgan fingerprint density at radius 1 is 0.298 bits per heavy atom. The number of benzene rings is 2. The van der Waals surface area contributed by atoms with Crippen LogP contribution >= 0.6 is 0 Å². The molecule has 0 spiro atoms. The first kappa shape index (κ1) is 80.5. The van der Waals surface area contributed by atoms with Crippen LogP contribution in [0.1, 0.15) is 101 Å². The van der Waals surface area contributed by atoms with Gasteiger partial charge in [-0.15, -0.1) is 0 Å². The van der Waals surface area contributed by atoms with Gasteiger partial charge in [-0.25, -0.2) is 38.4 Å². The van der Waals surface area contributed by atoms with E-state index in [1.807, 2.05) is 0 Å². The van der Waals surface area contributed by atoms with E-state index in [9.17, 15) is 51.9 Å². The maximum Gasteiger partial charge on any atom is 0.326 e. The number of rotatable bonds is 24. The molecule has 15 aliphatic heterocycles. The third-order valence-corrected chi connectivity index (χ3v) is 28.0.